The van der Waals surface area contributed by atoms with Crippen molar-refractivity contribution in [3.63, 3.8) is 0 Å². The van der Waals surface area contributed by atoms with Gasteiger partial charge in [-0.3, -0.25) is 4.79 Å². The molecule has 2 fully saturated rings. The molecular formula is C15H26N2O3. The van der Waals surface area contributed by atoms with E-state index in [0.717, 1.165) is 25.8 Å². The molecule has 2 N–H and O–H groups in total. The van der Waals surface area contributed by atoms with E-state index in [1.165, 1.54) is 0 Å². The Morgan fingerprint density at radius 2 is 2.10 bits per heavy atom. The van der Waals surface area contributed by atoms with E-state index in [4.69, 9.17) is 5.11 Å². The molecule has 2 amide bonds. The Morgan fingerprint density at radius 1 is 1.45 bits per heavy atom. The van der Waals surface area contributed by atoms with E-state index >= 15 is 0 Å². The number of carbonyl (C=O) groups is 2. The maximum atomic E-state index is 12.2. The van der Waals surface area contributed by atoms with Crippen LogP contribution in [0, 0.1) is 17.3 Å². The molecule has 0 aromatic carbocycles. The standard InChI is InChI=1S/C15H26N2O3/c1-10(7-13(18)19)11-5-4-6-17(9-11)14(20)16-12-8-15(12,2)3/h10-12H,4-9H2,1-3H3,(H,16,20)(H,18,19). The van der Waals surface area contributed by atoms with Crippen LogP contribution in [0.2, 0.25) is 0 Å². The lowest BCUT2D eigenvalue weighted by Crippen LogP contribution is -2.47. The topological polar surface area (TPSA) is 69.6 Å². The number of nitrogens with zero attached hydrogens (tertiary/aromatic N) is 1. The molecule has 2 aliphatic rings. The summed E-state index contributed by atoms with van der Waals surface area (Å²) in [7, 11) is 0. The summed E-state index contributed by atoms with van der Waals surface area (Å²) < 4.78 is 0. The zero-order valence-electron chi connectivity index (χ0n) is 12.7. The van der Waals surface area contributed by atoms with Crippen molar-refractivity contribution in [2.75, 3.05) is 13.1 Å². The number of urea groups is 1. The van der Waals surface area contributed by atoms with Gasteiger partial charge in [-0.15, -0.1) is 0 Å². The highest BCUT2D eigenvalue weighted by atomic mass is 16.4. The predicted molar refractivity (Wildman–Crippen MR) is 76.4 cm³/mol. The second-order valence-electron chi connectivity index (χ2n) is 7.12. The summed E-state index contributed by atoms with van der Waals surface area (Å²) in [5.74, 6) is -0.322. The molecule has 0 radical (unpaired) electrons. The van der Waals surface area contributed by atoms with Crippen LogP contribution in [0.25, 0.3) is 0 Å². The van der Waals surface area contributed by atoms with E-state index < -0.39 is 5.97 Å². The van der Waals surface area contributed by atoms with Crippen LogP contribution in [0.4, 0.5) is 4.79 Å². The summed E-state index contributed by atoms with van der Waals surface area (Å²) >= 11 is 0. The van der Waals surface area contributed by atoms with Gasteiger partial charge < -0.3 is 15.3 Å². The average Bonchev–Trinajstić information content (AvgIpc) is 2.95. The van der Waals surface area contributed by atoms with Crippen LogP contribution < -0.4 is 5.32 Å². The lowest BCUT2D eigenvalue weighted by molar-refractivity contribution is -0.138. The van der Waals surface area contributed by atoms with Crippen molar-refractivity contribution in [2.24, 2.45) is 17.3 Å². The van der Waals surface area contributed by atoms with Crippen LogP contribution in [0.3, 0.4) is 0 Å². The number of carboxylic acid groups (broad SMARTS) is 1. The number of carbonyl (C=O) groups excluding carboxylic acids is 1. The maximum absolute atomic E-state index is 12.2. The molecule has 5 heteroatoms. The second kappa shape index (κ2) is 5.62. The van der Waals surface area contributed by atoms with Crippen molar-refractivity contribution < 1.29 is 14.7 Å². The fourth-order valence-corrected chi connectivity index (χ4v) is 3.05. The Bertz CT molecular complexity index is 395. The second-order valence-corrected chi connectivity index (χ2v) is 7.12. The van der Waals surface area contributed by atoms with Gasteiger partial charge >= 0.3 is 12.0 Å². The Hall–Kier alpha value is -1.26. The normalized spacial score (nSPS) is 29.6. The van der Waals surface area contributed by atoms with Gasteiger partial charge in [-0.25, -0.2) is 4.79 Å². The predicted octanol–water partition coefficient (Wildman–Crippen LogP) is 2.32. The van der Waals surface area contributed by atoms with Crippen molar-refractivity contribution in [1.82, 2.24) is 10.2 Å². The Kier molecular flexibility index (Phi) is 4.25. The minimum absolute atomic E-state index is 0.0211. The van der Waals surface area contributed by atoms with E-state index in [1.807, 2.05) is 11.8 Å². The third kappa shape index (κ3) is 3.64. The molecule has 3 unspecified atom stereocenters. The number of carboxylic acids is 1. The first-order valence-corrected chi connectivity index (χ1v) is 7.57. The number of hydrogen-bond acceptors (Lipinski definition) is 2. The van der Waals surface area contributed by atoms with Crippen LogP contribution in [-0.4, -0.2) is 41.1 Å². The van der Waals surface area contributed by atoms with Crippen LogP contribution in [0.1, 0.15) is 46.5 Å². The third-order valence-electron chi connectivity index (χ3n) is 4.86. The maximum Gasteiger partial charge on any atom is 0.317 e. The smallest absolute Gasteiger partial charge is 0.317 e. The number of hydrogen-bond donors (Lipinski definition) is 2. The number of piperidine rings is 1. The number of rotatable bonds is 4. The number of amides is 2. The molecule has 1 saturated heterocycles. The lowest BCUT2D eigenvalue weighted by atomic mass is 9.85. The highest BCUT2D eigenvalue weighted by Crippen LogP contribution is 2.44. The van der Waals surface area contributed by atoms with Gasteiger partial charge in [0, 0.05) is 25.6 Å². The Labute approximate surface area is 120 Å². The summed E-state index contributed by atoms with van der Waals surface area (Å²) in [5, 5.41) is 12.0. The molecule has 0 spiro atoms. The summed E-state index contributed by atoms with van der Waals surface area (Å²) in [6.45, 7) is 7.77. The van der Waals surface area contributed by atoms with Crippen molar-refractivity contribution in [2.45, 2.75) is 52.5 Å². The Morgan fingerprint density at radius 3 is 2.65 bits per heavy atom. The van der Waals surface area contributed by atoms with E-state index in [9.17, 15) is 9.59 Å². The van der Waals surface area contributed by atoms with E-state index in [0.29, 0.717) is 18.5 Å². The highest BCUT2D eigenvalue weighted by Gasteiger charge is 2.47. The zero-order chi connectivity index (χ0) is 14.9. The first-order valence-electron chi connectivity index (χ1n) is 7.57. The van der Waals surface area contributed by atoms with Crippen LogP contribution in [0.5, 0.6) is 0 Å². The zero-order valence-corrected chi connectivity index (χ0v) is 12.7. The van der Waals surface area contributed by atoms with Crippen LogP contribution in [-0.2, 0) is 4.79 Å². The molecule has 1 heterocycles. The molecule has 3 atom stereocenters. The molecule has 0 aromatic rings. The van der Waals surface area contributed by atoms with Crippen molar-refractivity contribution >= 4 is 12.0 Å². The van der Waals surface area contributed by atoms with Crippen molar-refractivity contribution in [1.29, 1.82) is 0 Å². The molecule has 5 nitrogen and oxygen atoms in total. The fourth-order valence-electron chi connectivity index (χ4n) is 3.05. The van der Waals surface area contributed by atoms with Crippen molar-refractivity contribution in [3.05, 3.63) is 0 Å². The van der Waals surface area contributed by atoms with E-state index in [2.05, 4.69) is 19.2 Å². The van der Waals surface area contributed by atoms with Gasteiger partial charge in [-0.2, -0.15) is 0 Å². The molecule has 0 aromatic heterocycles. The van der Waals surface area contributed by atoms with Crippen molar-refractivity contribution in [3.8, 4) is 0 Å². The minimum atomic E-state index is -0.751. The molecular weight excluding hydrogens is 256 g/mol. The monoisotopic (exact) mass is 282 g/mol. The quantitative estimate of drug-likeness (QED) is 0.831. The molecule has 114 valence electrons. The SMILES string of the molecule is CC(CC(=O)O)C1CCCN(C(=O)NC2CC2(C)C)C1. The van der Waals surface area contributed by atoms with E-state index in [1.54, 1.807) is 0 Å². The van der Waals surface area contributed by atoms with Gasteiger partial charge in [0.2, 0.25) is 0 Å². The van der Waals surface area contributed by atoms with Gasteiger partial charge in [0.1, 0.15) is 0 Å². The van der Waals surface area contributed by atoms with Gasteiger partial charge in [0.15, 0.2) is 0 Å². The summed E-state index contributed by atoms with van der Waals surface area (Å²) in [6.07, 6.45) is 3.23. The van der Waals surface area contributed by atoms with Gasteiger partial charge in [0.05, 0.1) is 0 Å². The largest absolute Gasteiger partial charge is 0.481 e. The molecule has 1 aliphatic carbocycles. The molecule has 0 bridgehead atoms. The number of likely N-dealkylation sites (tertiary alicyclic amines) is 1. The number of nitrogens with one attached hydrogen (secondary N) is 1. The lowest BCUT2D eigenvalue weighted by Gasteiger charge is -2.35. The summed E-state index contributed by atoms with van der Waals surface area (Å²) in [6, 6.07) is 0.319. The Balaban J connectivity index is 1.83. The van der Waals surface area contributed by atoms with Gasteiger partial charge in [-0.05, 0) is 36.5 Å². The van der Waals surface area contributed by atoms with Gasteiger partial charge in [-0.1, -0.05) is 20.8 Å². The summed E-state index contributed by atoms with van der Waals surface area (Å²) in [5.41, 5.74) is 0.238. The van der Waals surface area contributed by atoms with Crippen LogP contribution in [0.15, 0.2) is 0 Å². The molecule has 1 aliphatic heterocycles. The molecule has 20 heavy (non-hydrogen) atoms. The first-order chi connectivity index (χ1) is 9.29. The average molecular weight is 282 g/mol. The third-order valence-corrected chi connectivity index (χ3v) is 4.86. The molecule has 1 saturated carbocycles. The van der Waals surface area contributed by atoms with Crippen LogP contribution >= 0.6 is 0 Å². The summed E-state index contributed by atoms with van der Waals surface area (Å²) in [4.78, 5) is 24.9. The highest BCUT2D eigenvalue weighted by molar-refractivity contribution is 5.75. The van der Waals surface area contributed by atoms with Gasteiger partial charge in [0.25, 0.3) is 0 Å². The minimum Gasteiger partial charge on any atom is -0.481 e. The number of aliphatic carboxylic acids is 1. The first kappa shape index (κ1) is 15.1. The fraction of sp³-hybridized carbons (Fsp3) is 0.867. The molecule has 2 rings (SSSR count). The van der Waals surface area contributed by atoms with E-state index in [-0.39, 0.29) is 23.8 Å².